The molecule has 9 nitrogen and oxygen atoms in total. The maximum Gasteiger partial charge on any atom is 0.270 e. The van der Waals surface area contributed by atoms with E-state index in [1.807, 2.05) is 24.3 Å². The number of nitro benzene ring substituents is 1. The van der Waals surface area contributed by atoms with Crippen LogP contribution in [0.3, 0.4) is 0 Å². The lowest BCUT2D eigenvalue weighted by molar-refractivity contribution is -0.384. The summed E-state index contributed by atoms with van der Waals surface area (Å²) in [4.78, 5) is 41.9. The number of hydrogen-bond acceptors (Lipinski definition) is 6. The van der Waals surface area contributed by atoms with Gasteiger partial charge in [0.25, 0.3) is 11.2 Å². The van der Waals surface area contributed by atoms with E-state index >= 15 is 0 Å². The number of nitrogens with zero attached hydrogens (tertiary/aromatic N) is 4. The molecule has 0 radical (unpaired) electrons. The number of rotatable bonds is 5. The van der Waals surface area contributed by atoms with Gasteiger partial charge in [-0.05, 0) is 49.6 Å². The molecule has 0 saturated carbocycles. The maximum absolute atomic E-state index is 12.6. The predicted octanol–water partition coefficient (Wildman–Crippen LogP) is 2.93. The van der Waals surface area contributed by atoms with E-state index in [-0.39, 0.29) is 23.5 Å². The highest BCUT2D eigenvalue weighted by molar-refractivity contribution is 5.91. The number of amides is 1. The van der Waals surface area contributed by atoms with Gasteiger partial charge in [-0.25, -0.2) is 4.98 Å². The summed E-state index contributed by atoms with van der Waals surface area (Å²) in [5, 5.41) is 13.8. The molecule has 4 rings (SSSR count). The normalized spacial score (nSPS) is 13.9. The molecular weight excluding hydrogens is 386 g/mol. The highest BCUT2D eigenvalue weighted by atomic mass is 16.6. The average molecular weight is 407 g/mol. The molecule has 0 atom stereocenters. The summed E-state index contributed by atoms with van der Waals surface area (Å²) in [6.45, 7) is 1.85. The molecule has 1 fully saturated rings. The standard InChI is InChI=1S/C21H21N5O4/c27-20(23-15-4-6-16(7-5-15)24-10-2-1-3-11-24)13-25-14-22-19-9-8-17(26(29)30)12-18(19)21(25)28/h4-9,12,14H,1-3,10-11,13H2,(H,23,27). The number of benzene rings is 2. The van der Waals surface area contributed by atoms with Gasteiger partial charge >= 0.3 is 0 Å². The van der Waals surface area contributed by atoms with Crippen LogP contribution in [0.4, 0.5) is 17.1 Å². The molecule has 1 aromatic heterocycles. The summed E-state index contributed by atoms with van der Waals surface area (Å²) in [6, 6.07) is 11.5. The Kier molecular flexibility index (Phi) is 5.42. The molecule has 0 bridgehead atoms. The second-order valence-corrected chi connectivity index (χ2v) is 7.28. The first kappa shape index (κ1) is 19.6. The van der Waals surface area contributed by atoms with Crippen molar-refractivity contribution in [1.82, 2.24) is 9.55 Å². The van der Waals surface area contributed by atoms with Crippen LogP contribution in [0, 0.1) is 10.1 Å². The van der Waals surface area contributed by atoms with E-state index in [1.165, 1.54) is 43.8 Å². The number of hydrogen-bond donors (Lipinski definition) is 1. The average Bonchev–Trinajstić information content (AvgIpc) is 2.76. The SMILES string of the molecule is O=C(Cn1cnc2ccc([N+](=O)[O-])cc2c1=O)Nc1ccc(N2CCCCC2)cc1. The minimum absolute atomic E-state index is 0.102. The second-order valence-electron chi connectivity index (χ2n) is 7.28. The number of nitrogens with one attached hydrogen (secondary N) is 1. The number of aromatic nitrogens is 2. The Morgan fingerprint density at radius 3 is 2.53 bits per heavy atom. The molecular formula is C21H21N5O4. The summed E-state index contributed by atoms with van der Waals surface area (Å²) < 4.78 is 1.14. The van der Waals surface area contributed by atoms with E-state index in [1.54, 1.807) is 0 Å². The van der Waals surface area contributed by atoms with Gasteiger partial charge in [-0.3, -0.25) is 24.3 Å². The number of fused-ring (bicyclic) bond motifs is 1. The van der Waals surface area contributed by atoms with Crippen molar-refractivity contribution in [1.29, 1.82) is 0 Å². The van der Waals surface area contributed by atoms with Crippen molar-refractivity contribution in [2.75, 3.05) is 23.3 Å². The molecule has 2 aromatic carbocycles. The van der Waals surface area contributed by atoms with Crippen molar-refractivity contribution in [2.24, 2.45) is 0 Å². The molecule has 2 heterocycles. The Morgan fingerprint density at radius 1 is 1.10 bits per heavy atom. The van der Waals surface area contributed by atoms with Gasteiger partial charge in [-0.15, -0.1) is 0 Å². The van der Waals surface area contributed by atoms with Crippen molar-refractivity contribution in [3.8, 4) is 0 Å². The molecule has 1 aliphatic heterocycles. The van der Waals surface area contributed by atoms with E-state index in [2.05, 4.69) is 15.2 Å². The molecule has 0 unspecified atom stereocenters. The van der Waals surface area contributed by atoms with Crippen LogP contribution >= 0.6 is 0 Å². The number of carbonyl (C=O) groups is 1. The number of nitro groups is 1. The van der Waals surface area contributed by atoms with E-state index in [0.717, 1.165) is 23.3 Å². The van der Waals surface area contributed by atoms with Gasteiger partial charge in [0.1, 0.15) is 6.54 Å². The molecule has 30 heavy (non-hydrogen) atoms. The molecule has 154 valence electrons. The summed E-state index contributed by atoms with van der Waals surface area (Å²) in [6.07, 6.45) is 4.92. The van der Waals surface area contributed by atoms with Crippen molar-refractivity contribution in [3.05, 3.63) is 69.3 Å². The Hall–Kier alpha value is -3.75. The van der Waals surface area contributed by atoms with Crippen LogP contribution in [0.2, 0.25) is 0 Å². The second kappa shape index (κ2) is 8.32. The van der Waals surface area contributed by atoms with E-state index < -0.39 is 10.5 Å². The van der Waals surface area contributed by atoms with E-state index in [4.69, 9.17) is 0 Å². The van der Waals surface area contributed by atoms with Crippen LogP contribution in [0.5, 0.6) is 0 Å². The third-order valence-electron chi connectivity index (χ3n) is 5.20. The highest BCUT2D eigenvalue weighted by Crippen LogP contribution is 2.22. The Balaban J connectivity index is 1.47. The van der Waals surface area contributed by atoms with Gasteiger partial charge < -0.3 is 10.2 Å². The highest BCUT2D eigenvalue weighted by Gasteiger charge is 2.14. The summed E-state index contributed by atoms with van der Waals surface area (Å²) in [5.41, 5.74) is 1.41. The van der Waals surface area contributed by atoms with Crippen molar-refractivity contribution in [3.63, 3.8) is 0 Å². The molecule has 1 N–H and O–H groups in total. The maximum atomic E-state index is 12.6. The zero-order valence-corrected chi connectivity index (χ0v) is 16.3. The Morgan fingerprint density at radius 2 is 1.83 bits per heavy atom. The van der Waals surface area contributed by atoms with Gasteiger partial charge in [0, 0.05) is 36.6 Å². The van der Waals surface area contributed by atoms with E-state index in [9.17, 15) is 19.7 Å². The lowest BCUT2D eigenvalue weighted by Crippen LogP contribution is -2.29. The number of carbonyl (C=O) groups excluding carboxylic acids is 1. The Bertz CT molecular complexity index is 1150. The minimum Gasteiger partial charge on any atom is -0.372 e. The quantitative estimate of drug-likeness (QED) is 0.514. The van der Waals surface area contributed by atoms with Crippen LogP contribution in [-0.4, -0.2) is 33.5 Å². The predicted molar refractivity (Wildman–Crippen MR) is 114 cm³/mol. The first-order valence-corrected chi connectivity index (χ1v) is 9.80. The van der Waals surface area contributed by atoms with Gasteiger partial charge in [0.15, 0.2) is 0 Å². The van der Waals surface area contributed by atoms with Crippen LogP contribution in [0.1, 0.15) is 19.3 Å². The van der Waals surface area contributed by atoms with E-state index in [0.29, 0.717) is 11.2 Å². The van der Waals surface area contributed by atoms with Crippen LogP contribution in [0.25, 0.3) is 10.9 Å². The lowest BCUT2D eigenvalue weighted by atomic mass is 10.1. The molecule has 0 aliphatic carbocycles. The van der Waals surface area contributed by atoms with Crippen molar-refractivity contribution >= 4 is 33.9 Å². The molecule has 0 spiro atoms. The van der Waals surface area contributed by atoms with Gasteiger partial charge in [0.2, 0.25) is 5.91 Å². The fourth-order valence-corrected chi connectivity index (χ4v) is 3.64. The number of non-ortho nitro benzene ring substituents is 1. The minimum atomic E-state index is -0.573. The summed E-state index contributed by atoms with van der Waals surface area (Å²) in [5.74, 6) is -0.380. The van der Waals surface area contributed by atoms with Crippen molar-refractivity contribution in [2.45, 2.75) is 25.8 Å². The smallest absolute Gasteiger partial charge is 0.270 e. The zero-order chi connectivity index (χ0) is 21.1. The summed E-state index contributed by atoms with van der Waals surface area (Å²) >= 11 is 0. The molecule has 9 heteroatoms. The first-order valence-electron chi connectivity index (χ1n) is 9.80. The van der Waals surface area contributed by atoms with Crippen LogP contribution in [-0.2, 0) is 11.3 Å². The molecule has 1 amide bonds. The zero-order valence-electron chi connectivity index (χ0n) is 16.3. The fourth-order valence-electron chi connectivity index (χ4n) is 3.64. The molecule has 1 saturated heterocycles. The lowest BCUT2D eigenvalue weighted by Gasteiger charge is -2.28. The first-order chi connectivity index (χ1) is 14.5. The van der Waals surface area contributed by atoms with Crippen molar-refractivity contribution < 1.29 is 9.72 Å². The van der Waals surface area contributed by atoms with Crippen LogP contribution in [0.15, 0.2) is 53.6 Å². The van der Waals surface area contributed by atoms with Crippen LogP contribution < -0.4 is 15.8 Å². The Labute approximate surface area is 172 Å². The monoisotopic (exact) mass is 407 g/mol. The van der Waals surface area contributed by atoms with Gasteiger partial charge in [-0.2, -0.15) is 0 Å². The van der Waals surface area contributed by atoms with Gasteiger partial charge in [0.05, 0.1) is 22.2 Å². The number of anilines is 2. The van der Waals surface area contributed by atoms with Gasteiger partial charge in [-0.1, -0.05) is 0 Å². The fraction of sp³-hybridized carbons (Fsp3) is 0.286. The number of piperidine rings is 1. The summed E-state index contributed by atoms with van der Waals surface area (Å²) in [7, 11) is 0. The largest absolute Gasteiger partial charge is 0.372 e. The third-order valence-corrected chi connectivity index (χ3v) is 5.20. The third kappa shape index (κ3) is 4.14. The molecule has 3 aromatic rings. The topological polar surface area (TPSA) is 110 Å². The molecule has 1 aliphatic rings.